The molecule has 0 saturated carbocycles. The first kappa shape index (κ1) is 24.0. The Hall–Kier alpha value is -3.15. The highest BCUT2D eigenvalue weighted by Crippen LogP contribution is 2.30. The number of methoxy groups -OCH3 is 1. The summed E-state index contributed by atoms with van der Waals surface area (Å²) < 4.78 is 41.3. The molecule has 0 aliphatic carbocycles. The number of ether oxygens (including phenoxy) is 2. The van der Waals surface area contributed by atoms with Crippen molar-refractivity contribution in [2.24, 2.45) is 0 Å². The summed E-state index contributed by atoms with van der Waals surface area (Å²) in [7, 11) is -2.45. The quantitative estimate of drug-likeness (QED) is 0.518. The van der Waals surface area contributed by atoms with Gasteiger partial charge < -0.3 is 14.8 Å². The fourth-order valence-corrected chi connectivity index (χ4v) is 5.68. The van der Waals surface area contributed by atoms with Crippen molar-refractivity contribution in [3.63, 3.8) is 0 Å². The minimum atomic E-state index is -3.84. The minimum Gasteiger partial charge on any atom is -0.495 e. The van der Waals surface area contributed by atoms with Crippen molar-refractivity contribution in [3.8, 4) is 5.75 Å². The molecule has 34 heavy (non-hydrogen) atoms. The average Bonchev–Trinajstić information content (AvgIpc) is 3.11. The molecule has 0 radical (unpaired) electrons. The van der Waals surface area contributed by atoms with E-state index in [4.69, 9.17) is 9.47 Å². The zero-order chi connectivity index (χ0) is 24.3. The fraction of sp³-hybridized carbons (Fsp3) is 0.391. The van der Waals surface area contributed by atoms with Crippen LogP contribution < -0.4 is 15.7 Å². The Kier molecular flexibility index (Phi) is 7.05. The Morgan fingerprint density at radius 2 is 1.76 bits per heavy atom. The molecular weight excluding hydrogens is 460 g/mol. The van der Waals surface area contributed by atoms with Gasteiger partial charge in [-0.3, -0.25) is 13.9 Å². The first-order valence-corrected chi connectivity index (χ1v) is 12.5. The zero-order valence-electron chi connectivity index (χ0n) is 19.2. The number of aryl methyl sites for hydroxylation is 1. The van der Waals surface area contributed by atoms with E-state index in [0.29, 0.717) is 31.0 Å². The highest BCUT2D eigenvalue weighted by molar-refractivity contribution is 7.89. The molecule has 3 aromatic rings. The van der Waals surface area contributed by atoms with Crippen LogP contribution >= 0.6 is 0 Å². The van der Waals surface area contributed by atoms with Gasteiger partial charge in [0.2, 0.25) is 15.9 Å². The highest BCUT2D eigenvalue weighted by Gasteiger charge is 2.29. The highest BCUT2D eigenvalue weighted by atomic mass is 32.2. The van der Waals surface area contributed by atoms with Crippen LogP contribution in [0.3, 0.4) is 0 Å². The maximum Gasteiger partial charge on any atom is 0.329 e. The third-order valence-corrected chi connectivity index (χ3v) is 7.63. The minimum absolute atomic E-state index is 0.0357. The predicted octanol–water partition coefficient (Wildman–Crippen LogP) is 1.88. The summed E-state index contributed by atoms with van der Waals surface area (Å²) in [5.74, 6) is -0.260. The van der Waals surface area contributed by atoms with Crippen LogP contribution in [0.2, 0.25) is 0 Å². The molecule has 11 heteroatoms. The fourth-order valence-electron chi connectivity index (χ4n) is 4.09. The van der Waals surface area contributed by atoms with Crippen LogP contribution in [0.1, 0.15) is 13.3 Å². The number of nitrogens with one attached hydrogen (secondary N) is 1. The Morgan fingerprint density at radius 3 is 2.41 bits per heavy atom. The lowest BCUT2D eigenvalue weighted by atomic mass is 10.3. The van der Waals surface area contributed by atoms with Crippen LogP contribution in [0.5, 0.6) is 5.75 Å². The van der Waals surface area contributed by atoms with Crippen LogP contribution in [0.15, 0.2) is 52.2 Å². The summed E-state index contributed by atoms with van der Waals surface area (Å²) in [6.45, 7) is 3.46. The van der Waals surface area contributed by atoms with Gasteiger partial charge in [0.1, 0.15) is 17.2 Å². The Labute approximate surface area is 197 Å². The molecule has 1 N–H and O–H groups in total. The number of aromatic nitrogens is 2. The number of hydrogen-bond donors (Lipinski definition) is 1. The van der Waals surface area contributed by atoms with E-state index >= 15 is 0 Å². The van der Waals surface area contributed by atoms with Gasteiger partial charge in [-0.1, -0.05) is 19.1 Å². The van der Waals surface area contributed by atoms with Crippen molar-refractivity contribution in [2.75, 3.05) is 38.7 Å². The van der Waals surface area contributed by atoms with Crippen molar-refractivity contribution >= 4 is 32.7 Å². The Morgan fingerprint density at radius 1 is 1.09 bits per heavy atom. The zero-order valence-corrected chi connectivity index (χ0v) is 20.0. The number of sulfonamides is 1. The summed E-state index contributed by atoms with van der Waals surface area (Å²) >= 11 is 0. The average molecular weight is 489 g/mol. The summed E-state index contributed by atoms with van der Waals surface area (Å²) in [5, 5.41) is 2.72. The maximum absolute atomic E-state index is 13.2. The lowest BCUT2D eigenvalue weighted by Crippen LogP contribution is -2.40. The van der Waals surface area contributed by atoms with Gasteiger partial charge in [0.05, 0.1) is 31.4 Å². The van der Waals surface area contributed by atoms with Crippen molar-refractivity contribution in [2.45, 2.75) is 31.3 Å². The number of carbonyl (C=O) groups excluding carboxylic acids is 1. The summed E-state index contributed by atoms with van der Waals surface area (Å²) in [5.41, 5.74) is 1.47. The van der Waals surface area contributed by atoms with E-state index in [1.807, 2.05) is 25.1 Å². The number of hydrogen-bond acceptors (Lipinski definition) is 6. The molecule has 4 rings (SSSR count). The predicted molar refractivity (Wildman–Crippen MR) is 128 cm³/mol. The number of para-hydroxylation sites is 2. The second-order valence-corrected chi connectivity index (χ2v) is 9.85. The largest absolute Gasteiger partial charge is 0.495 e. The van der Waals surface area contributed by atoms with Crippen molar-refractivity contribution in [3.05, 3.63) is 52.9 Å². The third-order valence-electron chi connectivity index (χ3n) is 5.71. The van der Waals surface area contributed by atoms with Gasteiger partial charge in [-0.2, -0.15) is 4.31 Å². The van der Waals surface area contributed by atoms with E-state index in [0.717, 1.165) is 11.9 Å². The monoisotopic (exact) mass is 488 g/mol. The molecule has 1 amide bonds. The van der Waals surface area contributed by atoms with Gasteiger partial charge in [-0.15, -0.1) is 0 Å². The van der Waals surface area contributed by atoms with Crippen molar-refractivity contribution in [1.29, 1.82) is 0 Å². The van der Waals surface area contributed by atoms with Crippen molar-refractivity contribution < 1.29 is 22.7 Å². The smallest absolute Gasteiger partial charge is 0.329 e. The standard InChI is InChI=1S/C23H28N4O6S/c1-3-10-26-18-6-4-5-7-19(18)27(23(26)29)16-22(28)24-17-8-9-20(32-2)21(15-17)34(30,31)25-11-13-33-14-12-25/h4-9,15H,3,10-14,16H2,1-2H3,(H,24,28). The normalized spacial score (nSPS) is 14.9. The van der Waals surface area contributed by atoms with Crippen LogP contribution in [0.25, 0.3) is 11.0 Å². The van der Waals surface area contributed by atoms with E-state index in [9.17, 15) is 18.0 Å². The Balaban J connectivity index is 1.61. The van der Waals surface area contributed by atoms with Crippen LogP contribution in [-0.4, -0.2) is 61.2 Å². The third kappa shape index (κ3) is 4.59. The lowest BCUT2D eigenvalue weighted by molar-refractivity contribution is -0.116. The molecule has 1 aliphatic heterocycles. The second-order valence-electron chi connectivity index (χ2n) is 7.94. The second kappa shape index (κ2) is 10.00. The van der Waals surface area contributed by atoms with E-state index in [1.54, 1.807) is 16.7 Å². The summed E-state index contributed by atoms with van der Waals surface area (Å²) in [4.78, 5) is 25.8. The number of anilines is 1. The molecule has 0 spiro atoms. The van der Waals surface area contributed by atoms with Crippen LogP contribution in [-0.2, 0) is 32.6 Å². The van der Waals surface area contributed by atoms with Gasteiger partial charge in [0, 0.05) is 25.3 Å². The van der Waals surface area contributed by atoms with Gasteiger partial charge in [-0.25, -0.2) is 13.2 Å². The molecule has 0 unspecified atom stereocenters. The van der Waals surface area contributed by atoms with Gasteiger partial charge in [0.15, 0.2) is 0 Å². The lowest BCUT2D eigenvalue weighted by Gasteiger charge is -2.26. The molecule has 1 saturated heterocycles. The van der Waals surface area contributed by atoms with Gasteiger partial charge in [-0.05, 0) is 36.8 Å². The molecule has 2 heterocycles. The molecular formula is C23H28N4O6S. The topological polar surface area (TPSA) is 112 Å². The van der Waals surface area contributed by atoms with E-state index < -0.39 is 15.9 Å². The van der Waals surface area contributed by atoms with E-state index in [2.05, 4.69) is 5.32 Å². The number of carbonyl (C=O) groups is 1. The molecule has 1 aromatic heterocycles. The van der Waals surface area contributed by atoms with Crippen molar-refractivity contribution in [1.82, 2.24) is 13.4 Å². The van der Waals surface area contributed by atoms with Crippen LogP contribution in [0.4, 0.5) is 5.69 Å². The number of amides is 1. The Bertz CT molecular complexity index is 1360. The molecule has 1 aliphatic rings. The molecule has 10 nitrogen and oxygen atoms in total. The number of benzene rings is 2. The number of rotatable bonds is 8. The molecule has 0 bridgehead atoms. The number of morpholine rings is 1. The van der Waals surface area contributed by atoms with Crippen LogP contribution in [0, 0.1) is 0 Å². The summed E-state index contributed by atoms with van der Waals surface area (Å²) in [6, 6.07) is 11.8. The number of fused-ring (bicyclic) bond motifs is 1. The number of nitrogens with zero attached hydrogens (tertiary/aromatic N) is 3. The molecule has 0 atom stereocenters. The molecule has 1 fully saturated rings. The first-order chi connectivity index (χ1) is 16.4. The number of imidazole rings is 1. The molecule has 2 aromatic carbocycles. The van der Waals surface area contributed by atoms with Gasteiger partial charge >= 0.3 is 5.69 Å². The molecule has 182 valence electrons. The first-order valence-electron chi connectivity index (χ1n) is 11.1. The van der Waals surface area contributed by atoms with Gasteiger partial charge in [0.25, 0.3) is 0 Å². The van der Waals surface area contributed by atoms with E-state index in [1.165, 1.54) is 28.1 Å². The SMILES string of the molecule is CCCn1c(=O)n(CC(=O)Nc2ccc(OC)c(S(=O)(=O)N3CCOCC3)c2)c2ccccc21. The van der Waals surface area contributed by atoms with E-state index in [-0.39, 0.29) is 36.0 Å². The summed E-state index contributed by atoms with van der Waals surface area (Å²) in [6.07, 6.45) is 0.784. The maximum atomic E-state index is 13.2.